The number of fused-ring (bicyclic) bond motifs is 1. The lowest BCUT2D eigenvalue weighted by atomic mass is 10.1. The maximum absolute atomic E-state index is 13.0. The summed E-state index contributed by atoms with van der Waals surface area (Å²) in [6.07, 6.45) is 2.58. The van der Waals surface area contributed by atoms with Crippen molar-refractivity contribution in [3.8, 4) is 11.4 Å². The summed E-state index contributed by atoms with van der Waals surface area (Å²) >= 11 is 0. The van der Waals surface area contributed by atoms with Gasteiger partial charge >= 0.3 is 0 Å². The molecule has 0 spiro atoms. The highest BCUT2D eigenvalue weighted by molar-refractivity contribution is 5.78. The Bertz CT molecular complexity index is 1030. The number of amides is 1. The van der Waals surface area contributed by atoms with Gasteiger partial charge in [0.05, 0.1) is 6.42 Å². The van der Waals surface area contributed by atoms with Crippen molar-refractivity contribution in [2.24, 2.45) is 0 Å². The fraction of sp³-hybridized carbons (Fsp3) is 0.300. The van der Waals surface area contributed by atoms with E-state index < -0.39 is 0 Å². The smallest absolute Gasteiger partial charge is 0.279 e. The molecule has 0 saturated carbocycles. The quantitative estimate of drug-likeness (QED) is 0.650. The molecule has 0 fully saturated rings. The van der Waals surface area contributed by atoms with Crippen molar-refractivity contribution >= 4 is 11.7 Å². The lowest BCUT2D eigenvalue weighted by Crippen LogP contribution is -2.32. The number of carbonyl (C=O) groups excluding carboxylic acids is 1. The molecule has 0 atom stereocenters. The number of benzene rings is 1. The molecule has 2 heterocycles. The van der Waals surface area contributed by atoms with Gasteiger partial charge in [0, 0.05) is 29.9 Å². The Morgan fingerprint density at radius 1 is 1.30 bits per heavy atom. The summed E-state index contributed by atoms with van der Waals surface area (Å²) in [7, 11) is 0. The van der Waals surface area contributed by atoms with Crippen molar-refractivity contribution in [1.29, 1.82) is 0 Å². The first-order chi connectivity index (χ1) is 13.1. The molecule has 2 aromatic heterocycles. The fourth-order valence-corrected chi connectivity index (χ4v) is 2.96. The average Bonchev–Trinajstić information content (AvgIpc) is 3.13. The molecule has 27 heavy (non-hydrogen) atoms. The fourth-order valence-electron chi connectivity index (χ4n) is 2.96. The zero-order chi connectivity index (χ0) is 19.4. The van der Waals surface area contributed by atoms with Crippen LogP contribution < -0.4 is 10.9 Å². The Morgan fingerprint density at radius 3 is 2.70 bits per heavy atom. The van der Waals surface area contributed by atoms with Crippen LogP contribution in [-0.2, 0) is 17.8 Å². The molecule has 1 amide bonds. The molecule has 140 valence electrons. The molecule has 7 nitrogen and oxygen atoms in total. The first kappa shape index (κ1) is 18.6. The summed E-state index contributed by atoms with van der Waals surface area (Å²) in [6.45, 7) is 8.64. The van der Waals surface area contributed by atoms with Gasteiger partial charge < -0.3 is 9.88 Å². The van der Waals surface area contributed by atoms with Crippen molar-refractivity contribution in [2.75, 3.05) is 6.54 Å². The second kappa shape index (κ2) is 7.99. The summed E-state index contributed by atoms with van der Waals surface area (Å²) in [5.41, 5.74) is 1.63. The molecule has 3 rings (SSSR count). The van der Waals surface area contributed by atoms with Crippen LogP contribution >= 0.6 is 0 Å². The lowest BCUT2D eigenvalue weighted by molar-refractivity contribution is -0.120. The van der Waals surface area contributed by atoms with Crippen LogP contribution in [0.5, 0.6) is 0 Å². The Hall–Kier alpha value is -3.22. The third-order valence-electron chi connectivity index (χ3n) is 4.38. The molecule has 3 aromatic rings. The molecule has 0 aliphatic heterocycles. The number of nitrogens with one attached hydrogen (secondary N) is 1. The van der Waals surface area contributed by atoms with Crippen LogP contribution in [0.4, 0.5) is 0 Å². The maximum atomic E-state index is 13.0. The van der Waals surface area contributed by atoms with E-state index in [1.165, 1.54) is 4.52 Å². The van der Waals surface area contributed by atoms with Gasteiger partial charge in [-0.2, -0.15) is 9.50 Å². The van der Waals surface area contributed by atoms with Crippen molar-refractivity contribution in [1.82, 2.24) is 24.5 Å². The van der Waals surface area contributed by atoms with Gasteiger partial charge in [-0.3, -0.25) is 9.59 Å². The highest BCUT2D eigenvalue weighted by Crippen LogP contribution is 2.17. The molecule has 0 radical (unpaired) electrons. The van der Waals surface area contributed by atoms with Crippen LogP contribution in [-0.4, -0.2) is 31.6 Å². The van der Waals surface area contributed by atoms with E-state index in [9.17, 15) is 9.59 Å². The van der Waals surface area contributed by atoms with Crippen molar-refractivity contribution in [3.63, 3.8) is 0 Å². The molecule has 0 aliphatic rings. The number of rotatable bonds is 7. The summed E-state index contributed by atoms with van der Waals surface area (Å²) in [4.78, 5) is 29.7. The lowest BCUT2D eigenvalue weighted by Gasteiger charge is -2.13. The van der Waals surface area contributed by atoms with E-state index in [1.54, 1.807) is 6.08 Å². The third-order valence-corrected chi connectivity index (χ3v) is 4.38. The number of aromatic nitrogens is 4. The standard InChI is InChI=1S/C20H23N5O2/c1-4-11-21-17(26)13-16-14(3)24(12-5-2)20-22-18(23-25(20)19(16)27)15-9-7-6-8-10-15/h5-10H,2,4,11-13H2,1,3H3,(H,21,26). The predicted molar refractivity (Wildman–Crippen MR) is 105 cm³/mol. The van der Waals surface area contributed by atoms with Crippen LogP contribution in [0.3, 0.4) is 0 Å². The highest BCUT2D eigenvalue weighted by Gasteiger charge is 2.19. The maximum Gasteiger partial charge on any atom is 0.279 e. The molecule has 0 aliphatic carbocycles. The molecule has 1 N–H and O–H groups in total. The second-order valence-corrected chi connectivity index (χ2v) is 6.31. The van der Waals surface area contributed by atoms with Crippen LogP contribution in [0.15, 0.2) is 47.8 Å². The van der Waals surface area contributed by atoms with Crippen LogP contribution in [0.25, 0.3) is 17.2 Å². The summed E-state index contributed by atoms with van der Waals surface area (Å²) in [5.74, 6) is 0.733. The van der Waals surface area contributed by atoms with Gasteiger partial charge in [0.25, 0.3) is 5.56 Å². The number of hydrogen-bond donors (Lipinski definition) is 1. The minimum absolute atomic E-state index is 0.0122. The van der Waals surface area contributed by atoms with Crippen LogP contribution in [0.2, 0.25) is 0 Å². The highest BCUT2D eigenvalue weighted by atomic mass is 16.2. The van der Waals surface area contributed by atoms with Gasteiger partial charge in [-0.15, -0.1) is 11.7 Å². The second-order valence-electron chi connectivity index (χ2n) is 6.31. The molecule has 0 saturated heterocycles. The molecular formula is C20H23N5O2. The zero-order valence-corrected chi connectivity index (χ0v) is 15.6. The Balaban J connectivity index is 2.15. The topological polar surface area (TPSA) is 81.3 Å². The van der Waals surface area contributed by atoms with Gasteiger partial charge in [0.1, 0.15) is 0 Å². The number of hydrogen-bond acceptors (Lipinski definition) is 4. The first-order valence-electron chi connectivity index (χ1n) is 8.98. The minimum Gasteiger partial charge on any atom is -0.356 e. The minimum atomic E-state index is -0.316. The van der Waals surface area contributed by atoms with Gasteiger partial charge in [-0.05, 0) is 13.3 Å². The van der Waals surface area contributed by atoms with Gasteiger partial charge in [0.2, 0.25) is 11.7 Å². The zero-order valence-electron chi connectivity index (χ0n) is 15.6. The van der Waals surface area contributed by atoms with Crippen molar-refractivity contribution in [2.45, 2.75) is 33.2 Å². The molecule has 7 heteroatoms. The number of allylic oxidation sites excluding steroid dienone is 1. The van der Waals surface area contributed by atoms with Crippen LogP contribution in [0.1, 0.15) is 24.6 Å². The Kier molecular flexibility index (Phi) is 5.49. The van der Waals surface area contributed by atoms with Crippen LogP contribution in [0, 0.1) is 6.92 Å². The van der Waals surface area contributed by atoms with E-state index in [4.69, 9.17) is 0 Å². The average molecular weight is 365 g/mol. The summed E-state index contributed by atoms with van der Waals surface area (Å²) in [6, 6.07) is 9.48. The first-order valence-corrected chi connectivity index (χ1v) is 8.98. The summed E-state index contributed by atoms with van der Waals surface area (Å²) < 4.78 is 3.14. The van der Waals surface area contributed by atoms with E-state index in [0.717, 1.165) is 12.0 Å². The van der Waals surface area contributed by atoms with E-state index in [0.29, 0.717) is 35.9 Å². The summed E-state index contributed by atoms with van der Waals surface area (Å²) in [5, 5.41) is 7.22. The number of nitrogens with zero attached hydrogens (tertiary/aromatic N) is 4. The van der Waals surface area contributed by atoms with E-state index in [-0.39, 0.29) is 17.9 Å². The van der Waals surface area contributed by atoms with E-state index in [2.05, 4.69) is 22.0 Å². The van der Waals surface area contributed by atoms with Gasteiger partial charge in [-0.1, -0.05) is 43.3 Å². The Labute approximate surface area is 157 Å². The number of carbonyl (C=O) groups is 1. The largest absolute Gasteiger partial charge is 0.356 e. The van der Waals surface area contributed by atoms with Gasteiger partial charge in [0.15, 0.2) is 5.82 Å². The normalized spacial score (nSPS) is 10.9. The molecular weight excluding hydrogens is 342 g/mol. The third kappa shape index (κ3) is 3.67. The molecule has 0 unspecified atom stereocenters. The Morgan fingerprint density at radius 2 is 2.04 bits per heavy atom. The van der Waals surface area contributed by atoms with E-state index >= 15 is 0 Å². The van der Waals surface area contributed by atoms with Crippen molar-refractivity contribution in [3.05, 3.63) is 64.6 Å². The SMILES string of the molecule is C=CCn1c(C)c(CC(=O)NCCC)c(=O)n2nc(-c3ccccc3)nc12. The predicted octanol–water partition coefficient (Wildman–Crippen LogP) is 2.12. The molecule has 1 aromatic carbocycles. The molecule has 0 bridgehead atoms. The monoisotopic (exact) mass is 365 g/mol. The van der Waals surface area contributed by atoms with Gasteiger partial charge in [-0.25, -0.2) is 0 Å². The van der Waals surface area contributed by atoms with Crippen molar-refractivity contribution < 1.29 is 4.79 Å². The van der Waals surface area contributed by atoms with E-state index in [1.807, 2.05) is 48.7 Å².